The molecule has 1 aliphatic rings. The molecule has 0 aliphatic heterocycles. The summed E-state index contributed by atoms with van der Waals surface area (Å²) in [6, 6.07) is -1.02. The molecular weight excluding hydrogens is 701 g/mol. The van der Waals surface area contributed by atoms with Crippen LogP contribution in [-0.4, -0.2) is 96.8 Å². The molecule has 0 radical (unpaired) electrons. The van der Waals surface area contributed by atoms with Gasteiger partial charge in [0.1, 0.15) is 36.6 Å². The smallest absolute Gasteiger partial charge is 0.391 e. The molecule has 1 fully saturated rings. The summed E-state index contributed by atoms with van der Waals surface area (Å²) in [5.41, 5.74) is 0. The van der Waals surface area contributed by atoms with Crippen LogP contribution in [0.2, 0.25) is 0 Å². The van der Waals surface area contributed by atoms with E-state index in [0.717, 1.165) is 38.5 Å². The van der Waals surface area contributed by atoms with E-state index in [9.17, 15) is 44.9 Å². The summed E-state index contributed by atoms with van der Waals surface area (Å²) in [4.78, 5) is 23.3. The Morgan fingerprint density at radius 1 is 0.566 bits per heavy atom. The number of unbranched alkanes of at least 4 members (excludes halogenated alkanes) is 24. The summed E-state index contributed by atoms with van der Waals surface area (Å²) in [6.45, 7) is 3.87. The Morgan fingerprint density at radius 3 is 1.30 bits per heavy atom. The maximum Gasteiger partial charge on any atom is 0.472 e. The quantitative estimate of drug-likeness (QED) is 0.0240. The molecule has 1 rings (SSSR count). The van der Waals surface area contributed by atoms with E-state index < -0.39 is 63.2 Å². The highest BCUT2D eigenvalue weighted by molar-refractivity contribution is 7.47. The average molecular weight is 782 g/mol. The lowest BCUT2D eigenvalue weighted by molar-refractivity contribution is -0.220. The van der Waals surface area contributed by atoms with Crippen LogP contribution < -0.4 is 5.32 Å². The lowest BCUT2D eigenvalue weighted by Gasteiger charge is -2.41. The SMILES string of the molecule is CCCCCCCCCCCCCCCC(=O)N[C@@H](COP(=O)(O)OC1C(O)C(O)C(O)[C@@H](O)C1O)[C@H](O)CCCCCCCCCCCCCCC. The molecule has 9 atom stereocenters. The molecule has 0 bridgehead atoms. The predicted octanol–water partition coefficient (Wildman–Crippen LogP) is 7.12. The Balaban J connectivity index is 2.51. The third-order valence-corrected chi connectivity index (χ3v) is 11.7. The summed E-state index contributed by atoms with van der Waals surface area (Å²) in [5.74, 6) is -0.307. The van der Waals surface area contributed by atoms with E-state index in [1.165, 1.54) is 116 Å². The first kappa shape index (κ1) is 50.4. The number of phosphoric acid groups is 1. The molecule has 316 valence electrons. The van der Waals surface area contributed by atoms with Crippen LogP contribution in [0.1, 0.15) is 194 Å². The van der Waals surface area contributed by atoms with Crippen molar-refractivity contribution in [3.05, 3.63) is 0 Å². The number of hydrogen-bond acceptors (Lipinski definition) is 10. The van der Waals surface area contributed by atoms with Gasteiger partial charge in [-0.15, -0.1) is 0 Å². The zero-order chi connectivity index (χ0) is 39.3. The Bertz CT molecular complexity index is 915. The second-order valence-corrected chi connectivity index (χ2v) is 17.0. The first-order valence-corrected chi connectivity index (χ1v) is 23.0. The van der Waals surface area contributed by atoms with Gasteiger partial charge in [0.05, 0.1) is 18.8 Å². The van der Waals surface area contributed by atoms with Gasteiger partial charge >= 0.3 is 7.82 Å². The van der Waals surface area contributed by atoms with Gasteiger partial charge in [-0.05, 0) is 12.8 Å². The maximum absolute atomic E-state index is 12.9. The van der Waals surface area contributed by atoms with Crippen LogP contribution in [0.15, 0.2) is 0 Å². The molecular formula is C40H80NO11P. The van der Waals surface area contributed by atoms with Gasteiger partial charge in [0.15, 0.2) is 0 Å². The van der Waals surface area contributed by atoms with Crippen LogP contribution in [0.4, 0.5) is 0 Å². The van der Waals surface area contributed by atoms with Gasteiger partial charge in [-0.2, -0.15) is 0 Å². The highest BCUT2D eigenvalue weighted by Gasteiger charge is 2.51. The number of hydrogen-bond donors (Lipinski definition) is 8. The third-order valence-electron chi connectivity index (χ3n) is 10.7. The summed E-state index contributed by atoms with van der Waals surface area (Å²) in [7, 11) is -5.04. The molecule has 0 heterocycles. The van der Waals surface area contributed by atoms with E-state index in [-0.39, 0.29) is 12.3 Å². The molecule has 53 heavy (non-hydrogen) atoms. The molecule has 13 heteroatoms. The van der Waals surface area contributed by atoms with Gasteiger partial charge in [0.25, 0.3) is 0 Å². The number of phosphoric ester groups is 1. The Kier molecular flexibility index (Phi) is 29.9. The molecule has 1 aliphatic carbocycles. The van der Waals surface area contributed by atoms with Crippen molar-refractivity contribution in [3.63, 3.8) is 0 Å². The van der Waals surface area contributed by atoms with E-state index in [2.05, 4.69) is 19.2 Å². The monoisotopic (exact) mass is 782 g/mol. The summed E-state index contributed by atoms with van der Waals surface area (Å²) < 4.78 is 22.9. The summed E-state index contributed by atoms with van der Waals surface area (Å²) in [5, 5.41) is 63.9. The Hall–Kier alpha value is -0.660. The molecule has 0 aromatic heterocycles. The number of carbonyl (C=O) groups is 1. The molecule has 0 spiro atoms. The highest BCUT2D eigenvalue weighted by atomic mass is 31.2. The van der Waals surface area contributed by atoms with Gasteiger partial charge < -0.3 is 40.8 Å². The van der Waals surface area contributed by atoms with E-state index in [4.69, 9.17) is 9.05 Å². The van der Waals surface area contributed by atoms with Crippen molar-refractivity contribution in [1.29, 1.82) is 0 Å². The second-order valence-electron chi connectivity index (χ2n) is 15.6. The highest BCUT2D eigenvalue weighted by Crippen LogP contribution is 2.47. The number of rotatable bonds is 35. The third kappa shape index (κ3) is 23.9. The normalized spacial score (nSPS) is 24.2. The van der Waals surface area contributed by atoms with Crippen molar-refractivity contribution in [2.45, 2.75) is 242 Å². The minimum absolute atomic E-state index is 0.242. The van der Waals surface area contributed by atoms with Crippen LogP contribution in [0, 0.1) is 0 Å². The van der Waals surface area contributed by atoms with Gasteiger partial charge in [0.2, 0.25) is 5.91 Å². The van der Waals surface area contributed by atoms with E-state index in [1.54, 1.807) is 0 Å². The van der Waals surface area contributed by atoms with Crippen molar-refractivity contribution in [2.24, 2.45) is 0 Å². The van der Waals surface area contributed by atoms with Gasteiger partial charge in [0, 0.05) is 6.42 Å². The van der Waals surface area contributed by atoms with E-state index >= 15 is 0 Å². The molecule has 0 saturated heterocycles. The number of aliphatic hydroxyl groups is 6. The minimum atomic E-state index is -5.04. The molecule has 1 saturated carbocycles. The lowest BCUT2D eigenvalue weighted by atomic mass is 9.85. The molecule has 12 nitrogen and oxygen atoms in total. The first-order chi connectivity index (χ1) is 25.4. The van der Waals surface area contributed by atoms with Gasteiger partial charge in [-0.3, -0.25) is 13.8 Å². The van der Waals surface area contributed by atoms with Crippen LogP contribution >= 0.6 is 7.82 Å². The molecule has 0 aromatic rings. The minimum Gasteiger partial charge on any atom is -0.391 e. The summed E-state index contributed by atoms with van der Waals surface area (Å²) >= 11 is 0. The Labute approximate surface area is 321 Å². The number of nitrogens with one attached hydrogen (secondary N) is 1. The van der Waals surface area contributed by atoms with Crippen LogP contribution in [0.5, 0.6) is 0 Å². The van der Waals surface area contributed by atoms with Crippen LogP contribution in [0.3, 0.4) is 0 Å². The predicted molar refractivity (Wildman–Crippen MR) is 209 cm³/mol. The Morgan fingerprint density at radius 2 is 0.906 bits per heavy atom. The number of carbonyl (C=O) groups excluding carboxylic acids is 1. The van der Waals surface area contributed by atoms with Crippen molar-refractivity contribution in [2.75, 3.05) is 6.61 Å². The van der Waals surface area contributed by atoms with Crippen molar-refractivity contribution < 1.29 is 53.9 Å². The van der Waals surface area contributed by atoms with E-state index in [0.29, 0.717) is 19.3 Å². The van der Waals surface area contributed by atoms with Crippen LogP contribution in [-0.2, 0) is 18.4 Å². The van der Waals surface area contributed by atoms with Gasteiger partial charge in [-0.25, -0.2) is 4.57 Å². The fraction of sp³-hybridized carbons (Fsp3) is 0.975. The average Bonchev–Trinajstić information content (AvgIpc) is 3.13. The fourth-order valence-electron chi connectivity index (χ4n) is 7.08. The standard InChI is InChI=1S/C40H80NO11P/c1-3-5-7-9-11-13-15-17-19-21-23-25-27-29-33(42)32(31-51-53(49,50)52-40-38(47)36(45)35(44)37(46)39(40)48)41-34(43)30-28-26-24-22-20-18-16-14-12-10-8-6-4-2/h32-33,35-40,42,44-48H,3-31H2,1-2H3,(H,41,43)(H,49,50)/t32-,33+,35?,36+,37?,38?,39?,40?/m0/s1. The maximum atomic E-state index is 12.9. The molecule has 6 unspecified atom stereocenters. The van der Waals surface area contributed by atoms with Crippen molar-refractivity contribution >= 4 is 13.7 Å². The van der Waals surface area contributed by atoms with Crippen molar-refractivity contribution in [1.82, 2.24) is 5.32 Å². The second kappa shape index (κ2) is 31.4. The van der Waals surface area contributed by atoms with Crippen LogP contribution in [0.25, 0.3) is 0 Å². The van der Waals surface area contributed by atoms with Gasteiger partial charge in [-0.1, -0.05) is 174 Å². The topological polar surface area (TPSA) is 206 Å². The zero-order valence-corrected chi connectivity index (χ0v) is 34.2. The molecule has 1 amide bonds. The largest absolute Gasteiger partial charge is 0.472 e. The van der Waals surface area contributed by atoms with E-state index in [1.807, 2.05) is 0 Å². The first-order valence-electron chi connectivity index (χ1n) is 21.5. The molecule has 8 N–H and O–H groups in total. The lowest BCUT2D eigenvalue weighted by Crippen LogP contribution is -2.64. The number of aliphatic hydroxyl groups excluding tert-OH is 6. The summed E-state index contributed by atoms with van der Waals surface area (Å²) in [6.07, 6.45) is 18.5. The number of amides is 1. The fourth-order valence-corrected chi connectivity index (χ4v) is 8.05. The van der Waals surface area contributed by atoms with Crippen molar-refractivity contribution in [3.8, 4) is 0 Å². The molecule has 0 aromatic carbocycles. The zero-order valence-electron chi connectivity index (χ0n) is 33.3.